The minimum atomic E-state index is 0.0578. The number of aromatic nitrogens is 2. The van der Waals surface area contributed by atoms with Crippen LogP contribution in [0.25, 0.3) is 11.5 Å². The first-order chi connectivity index (χ1) is 11.7. The molecule has 0 unspecified atom stereocenters. The van der Waals surface area contributed by atoms with Gasteiger partial charge in [0.2, 0.25) is 18.2 Å². The first kappa shape index (κ1) is 14.6. The van der Waals surface area contributed by atoms with E-state index in [2.05, 4.69) is 27.6 Å². The summed E-state index contributed by atoms with van der Waals surface area (Å²) in [6.07, 6.45) is 2.21. The number of amides is 1. The molecule has 0 radical (unpaired) electrons. The zero-order valence-electron chi connectivity index (χ0n) is 13.3. The molecular weight excluding hydrogens is 302 g/mol. The van der Waals surface area contributed by atoms with E-state index in [4.69, 9.17) is 4.42 Å². The van der Waals surface area contributed by atoms with Crippen LogP contribution in [0.5, 0.6) is 0 Å². The van der Waals surface area contributed by atoms with Crippen LogP contribution in [0.3, 0.4) is 0 Å². The van der Waals surface area contributed by atoms with Crippen LogP contribution in [0.15, 0.2) is 59.3 Å². The van der Waals surface area contributed by atoms with Crippen LogP contribution < -0.4 is 5.32 Å². The third-order valence-corrected chi connectivity index (χ3v) is 4.45. The molecule has 1 heterocycles. The molecule has 1 amide bonds. The molecule has 5 nitrogen and oxygen atoms in total. The Hall–Kier alpha value is -2.95. The quantitative estimate of drug-likeness (QED) is 0.794. The summed E-state index contributed by atoms with van der Waals surface area (Å²) in [5, 5.41) is 10.6. The van der Waals surface area contributed by atoms with Crippen LogP contribution in [0.2, 0.25) is 0 Å². The van der Waals surface area contributed by atoms with Gasteiger partial charge in [0, 0.05) is 17.2 Å². The van der Waals surface area contributed by atoms with E-state index in [1.54, 1.807) is 0 Å². The smallest absolute Gasteiger partial charge is 0.247 e. The number of anilines is 1. The summed E-state index contributed by atoms with van der Waals surface area (Å²) in [6.45, 7) is 1.96. The molecule has 2 atom stereocenters. The van der Waals surface area contributed by atoms with Crippen molar-refractivity contribution in [2.45, 2.75) is 19.3 Å². The molecule has 120 valence electrons. The SMILES string of the molecule is Cc1cc(-c2nnco2)ccc1NC(=O)[C@@H]1C[C@H]1c1ccccc1. The van der Waals surface area contributed by atoms with Gasteiger partial charge in [0.05, 0.1) is 0 Å². The first-order valence-corrected chi connectivity index (χ1v) is 7.95. The van der Waals surface area contributed by atoms with Crippen LogP contribution in [-0.4, -0.2) is 16.1 Å². The highest BCUT2D eigenvalue weighted by Gasteiger charge is 2.43. The maximum Gasteiger partial charge on any atom is 0.247 e. The Morgan fingerprint density at radius 3 is 2.75 bits per heavy atom. The van der Waals surface area contributed by atoms with Gasteiger partial charge >= 0.3 is 0 Å². The summed E-state index contributed by atoms with van der Waals surface area (Å²) in [4.78, 5) is 12.5. The van der Waals surface area contributed by atoms with Gasteiger partial charge in [0.15, 0.2) is 0 Å². The molecule has 0 spiro atoms. The van der Waals surface area contributed by atoms with E-state index in [1.165, 1.54) is 12.0 Å². The van der Waals surface area contributed by atoms with Crippen molar-refractivity contribution in [2.24, 2.45) is 5.92 Å². The second kappa shape index (κ2) is 5.92. The Balaban J connectivity index is 1.45. The topological polar surface area (TPSA) is 68.0 Å². The number of carbonyl (C=O) groups is 1. The van der Waals surface area contributed by atoms with E-state index in [1.807, 2.05) is 43.3 Å². The lowest BCUT2D eigenvalue weighted by molar-refractivity contribution is -0.117. The fourth-order valence-corrected chi connectivity index (χ4v) is 3.01. The largest absolute Gasteiger partial charge is 0.423 e. The summed E-state index contributed by atoms with van der Waals surface area (Å²) >= 11 is 0. The maximum atomic E-state index is 12.5. The number of aryl methyl sites for hydroxylation is 1. The number of nitrogens with zero attached hydrogens (tertiary/aromatic N) is 2. The average Bonchev–Trinajstić information content (AvgIpc) is 3.23. The van der Waals surface area contributed by atoms with Crippen LogP contribution in [0, 0.1) is 12.8 Å². The fourth-order valence-electron chi connectivity index (χ4n) is 3.01. The molecule has 1 N–H and O–H groups in total. The van der Waals surface area contributed by atoms with Crippen molar-refractivity contribution < 1.29 is 9.21 Å². The molecule has 4 rings (SSSR count). The lowest BCUT2D eigenvalue weighted by atomic mass is 10.1. The Labute approximate surface area is 139 Å². The number of rotatable bonds is 4. The maximum absolute atomic E-state index is 12.5. The predicted molar refractivity (Wildman–Crippen MR) is 90.4 cm³/mol. The van der Waals surface area contributed by atoms with E-state index < -0.39 is 0 Å². The monoisotopic (exact) mass is 319 g/mol. The molecule has 0 aliphatic heterocycles. The lowest BCUT2D eigenvalue weighted by Crippen LogP contribution is -2.15. The van der Waals surface area contributed by atoms with Crippen LogP contribution in [0.1, 0.15) is 23.5 Å². The second-order valence-electron chi connectivity index (χ2n) is 6.12. The molecule has 3 aromatic rings. The molecule has 1 fully saturated rings. The Morgan fingerprint density at radius 2 is 2.04 bits per heavy atom. The minimum absolute atomic E-state index is 0.0578. The fraction of sp³-hybridized carbons (Fsp3) is 0.211. The van der Waals surface area contributed by atoms with E-state index >= 15 is 0 Å². The Bertz CT molecular complexity index is 860. The van der Waals surface area contributed by atoms with Crippen molar-refractivity contribution in [3.8, 4) is 11.5 Å². The zero-order chi connectivity index (χ0) is 16.5. The second-order valence-corrected chi connectivity index (χ2v) is 6.12. The summed E-state index contributed by atoms with van der Waals surface area (Å²) in [6, 6.07) is 15.9. The number of nitrogens with one attached hydrogen (secondary N) is 1. The summed E-state index contributed by atoms with van der Waals surface area (Å²) < 4.78 is 5.20. The van der Waals surface area contributed by atoms with Crippen LogP contribution in [-0.2, 0) is 4.79 Å². The molecule has 1 aliphatic rings. The lowest BCUT2D eigenvalue weighted by Gasteiger charge is -2.09. The third-order valence-electron chi connectivity index (χ3n) is 4.45. The number of carbonyl (C=O) groups excluding carboxylic acids is 1. The number of hydrogen-bond acceptors (Lipinski definition) is 4. The Kier molecular flexibility index (Phi) is 3.61. The van der Waals surface area contributed by atoms with Gasteiger partial charge in [0.25, 0.3) is 0 Å². The van der Waals surface area contributed by atoms with Crippen molar-refractivity contribution in [2.75, 3.05) is 5.32 Å². The summed E-state index contributed by atoms with van der Waals surface area (Å²) in [7, 11) is 0. The molecule has 1 saturated carbocycles. The van der Waals surface area contributed by atoms with Gasteiger partial charge in [-0.15, -0.1) is 10.2 Å². The molecule has 1 aromatic heterocycles. The molecule has 1 aliphatic carbocycles. The van der Waals surface area contributed by atoms with Crippen LogP contribution in [0.4, 0.5) is 5.69 Å². The van der Waals surface area contributed by atoms with Gasteiger partial charge in [-0.25, -0.2) is 0 Å². The van der Waals surface area contributed by atoms with E-state index in [9.17, 15) is 4.79 Å². The molecule has 5 heteroatoms. The third kappa shape index (κ3) is 2.80. The summed E-state index contributed by atoms with van der Waals surface area (Å²) in [5.74, 6) is 0.950. The molecule has 24 heavy (non-hydrogen) atoms. The Morgan fingerprint density at radius 1 is 1.21 bits per heavy atom. The van der Waals surface area contributed by atoms with Crippen molar-refractivity contribution in [1.82, 2.24) is 10.2 Å². The van der Waals surface area contributed by atoms with Gasteiger partial charge in [-0.05, 0) is 48.6 Å². The van der Waals surface area contributed by atoms with Gasteiger partial charge in [-0.2, -0.15) is 0 Å². The van der Waals surface area contributed by atoms with Crippen molar-refractivity contribution in [1.29, 1.82) is 0 Å². The van der Waals surface area contributed by atoms with Gasteiger partial charge in [0.1, 0.15) is 0 Å². The van der Waals surface area contributed by atoms with Crippen LogP contribution >= 0.6 is 0 Å². The van der Waals surface area contributed by atoms with Crippen molar-refractivity contribution in [3.05, 3.63) is 66.1 Å². The zero-order valence-corrected chi connectivity index (χ0v) is 13.3. The molecule has 0 bridgehead atoms. The van der Waals surface area contributed by atoms with Gasteiger partial charge < -0.3 is 9.73 Å². The van der Waals surface area contributed by atoms with E-state index in [0.717, 1.165) is 23.2 Å². The number of benzene rings is 2. The highest BCUT2D eigenvalue weighted by Crippen LogP contribution is 2.48. The highest BCUT2D eigenvalue weighted by atomic mass is 16.4. The normalized spacial score (nSPS) is 19.0. The highest BCUT2D eigenvalue weighted by molar-refractivity contribution is 5.96. The van der Waals surface area contributed by atoms with Gasteiger partial charge in [-0.1, -0.05) is 30.3 Å². The molecule has 0 saturated heterocycles. The molecule has 2 aromatic carbocycles. The standard InChI is InChI=1S/C19H17N3O2/c1-12-9-14(19-22-20-11-24-19)7-8-17(12)21-18(23)16-10-15(16)13-5-3-2-4-6-13/h2-9,11,15-16H,10H2,1H3,(H,21,23)/t15-,16+/m0/s1. The van der Waals surface area contributed by atoms with E-state index in [0.29, 0.717) is 11.8 Å². The van der Waals surface area contributed by atoms with Gasteiger partial charge in [-0.3, -0.25) is 4.79 Å². The minimum Gasteiger partial charge on any atom is -0.423 e. The van der Waals surface area contributed by atoms with Crippen molar-refractivity contribution in [3.63, 3.8) is 0 Å². The summed E-state index contributed by atoms with van der Waals surface area (Å²) in [5.41, 5.74) is 3.87. The van der Waals surface area contributed by atoms with E-state index in [-0.39, 0.29) is 11.8 Å². The number of hydrogen-bond donors (Lipinski definition) is 1. The first-order valence-electron chi connectivity index (χ1n) is 7.95. The average molecular weight is 319 g/mol. The predicted octanol–water partition coefficient (Wildman–Crippen LogP) is 3.79. The van der Waals surface area contributed by atoms with Crippen molar-refractivity contribution >= 4 is 11.6 Å². The molecular formula is C19H17N3O2.